The molecule has 1 fully saturated rings. The van der Waals surface area contributed by atoms with E-state index in [9.17, 15) is 4.79 Å². The fourth-order valence-corrected chi connectivity index (χ4v) is 2.83. The van der Waals surface area contributed by atoms with Gasteiger partial charge in [-0.25, -0.2) is 0 Å². The minimum Gasteiger partial charge on any atom is -0.370 e. The van der Waals surface area contributed by atoms with Gasteiger partial charge in [-0.3, -0.25) is 4.79 Å². The molecule has 2 N–H and O–H groups in total. The van der Waals surface area contributed by atoms with E-state index in [0.717, 1.165) is 18.4 Å². The van der Waals surface area contributed by atoms with Crippen LogP contribution in [0.25, 0.3) is 0 Å². The van der Waals surface area contributed by atoms with Crippen molar-refractivity contribution in [1.29, 1.82) is 0 Å². The number of carbonyl (C=O) groups excluding carboxylic acids is 1. The van der Waals surface area contributed by atoms with Crippen LogP contribution in [0.5, 0.6) is 0 Å². The maximum absolute atomic E-state index is 11.3. The van der Waals surface area contributed by atoms with Crippen LogP contribution in [0.3, 0.4) is 0 Å². The standard InChI is InChI=1S/C14H18NO/c15-13(16)11-14(9-5-2-6-10-14)12-7-3-1-4-8-12/h1,3-4,7H,2,5-6,9-11H2,(H2,15,16). The number of carbonyl (C=O) groups is 1. The van der Waals surface area contributed by atoms with E-state index >= 15 is 0 Å². The number of primary amides is 1. The average molecular weight is 216 g/mol. The van der Waals surface area contributed by atoms with Crippen molar-refractivity contribution in [2.45, 2.75) is 43.9 Å². The van der Waals surface area contributed by atoms with Crippen LogP contribution in [0.15, 0.2) is 24.3 Å². The summed E-state index contributed by atoms with van der Waals surface area (Å²) < 4.78 is 0. The first kappa shape index (κ1) is 11.2. The average Bonchev–Trinajstić information content (AvgIpc) is 2.30. The molecule has 2 rings (SSSR count). The highest BCUT2D eigenvalue weighted by atomic mass is 16.1. The van der Waals surface area contributed by atoms with Crippen LogP contribution in [-0.4, -0.2) is 5.91 Å². The SMILES string of the molecule is NC(=O)CC1(c2[c]cccc2)CCCCC1. The van der Waals surface area contributed by atoms with Gasteiger partial charge in [-0.2, -0.15) is 0 Å². The van der Waals surface area contributed by atoms with E-state index < -0.39 is 0 Å². The first-order chi connectivity index (χ1) is 7.73. The zero-order valence-electron chi connectivity index (χ0n) is 9.54. The van der Waals surface area contributed by atoms with Crippen molar-refractivity contribution in [1.82, 2.24) is 0 Å². The zero-order chi connectivity index (χ0) is 11.4. The van der Waals surface area contributed by atoms with Crippen molar-refractivity contribution in [3.05, 3.63) is 35.9 Å². The molecular weight excluding hydrogens is 198 g/mol. The van der Waals surface area contributed by atoms with Crippen LogP contribution in [0.4, 0.5) is 0 Å². The largest absolute Gasteiger partial charge is 0.370 e. The number of rotatable bonds is 3. The van der Waals surface area contributed by atoms with E-state index in [1.54, 1.807) is 0 Å². The molecule has 85 valence electrons. The molecule has 1 aliphatic carbocycles. The second kappa shape index (κ2) is 4.69. The molecule has 0 spiro atoms. The van der Waals surface area contributed by atoms with Gasteiger partial charge in [0.2, 0.25) is 5.91 Å². The summed E-state index contributed by atoms with van der Waals surface area (Å²) in [6.07, 6.45) is 6.25. The maximum atomic E-state index is 11.3. The van der Waals surface area contributed by atoms with Gasteiger partial charge in [-0.05, 0) is 24.5 Å². The van der Waals surface area contributed by atoms with Gasteiger partial charge in [0, 0.05) is 11.8 Å². The van der Waals surface area contributed by atoms with Gasteiger partial charge in [-0.1, -0.05) is 43.5 Å². The molecule has 0 unspecified atom stereocenters. The summed E-state index contributed by atoms with van der Waals surface area (Å²) in [7, 11) is 0. The van der Waals surface area contributed by atoms with E-state index in [0.29, 0.717) is 6.42 Å². The van der Waals surface area contributed by atoms with Crippen molar-refractivity contribution in [3.8, 4) is 0 Å². The fraction of sp³-hybridized carbons (Fsp3) is 0.500. The predicted molar refractivity (Wildman–Crippen MR) is 63.9 cm³/mol. The fourth-order valence-electron chi connectivity index (χ4n) is 2.83. The second-order valence-corrected chi connectivity index (χ2v) is 4.76. The molecule has 1 amide bonds. The van der Waals surface area contributed by atoms with Gasteiger partial charge in [-0.15, -0.1) is 0 Å². The summed E-state index contributed by atoms with van der Waals surface area (Å²) in [5.74, 6) is -0.195. The van der Waals surface area contributed by atoms with Crippen LogP contribution in [0.2, 0.25) is 0 Å². The van der Waals surface area contributed by atoms with Gasteiger partial charge in [0.15, 0.2) is 0 Å². The topological polar surface area (TPSA) is 43.1 Å². The minimum absolute atomic E-state index is 0.0364. The Morgan fingerprint density at radius 2 is 2.06 bits per heavy atom. The molecule has 1 aromatic rings. The van der Waals surface area contributed by atoms with Crippen molar-refractivity contribution < 1.29 is 4.79 Å². The van der Waals surface area contributed by atoms with Gasteiger partial charge in [0.25, 0.3) is 0 Å². The van der Waals surface area contributed by atoms with Crippen LogP contribution >= 0.6 is 0 Å². The molecule has 0 saturated heterocycles. The molecule has 1 radical (unpaired) electrons. The normalized spacial score (nSPS) is 19.2. The Hall–Kier alpha value is -1.31. The molecule has 0 aliphatic heterocycles. The van der Waals surface area contributed by atoms with E-state index in [1.807, 2.05) is 18.2 Å². The van der Waals surface area contributed by atoms with Gasteiger partial charge < -0.3 is 5.73 Å². The summed E-state index contributed by atoms with van der Waals surface area (Å²) in [4.78, 5) is 11.3. The van der Waals surface area contributed by atoms with Crippen LogP contribution in [0.1, 0.15) is 44.1 Å². The summed E-state index contributed by atoms with van der Waals surface area (Å²) in [6, 6.07) is 11.3. The highest BCUT2D eigenvalue weighted by Crippen LogP contribution is 2.41. The molecule has 2 nitrogen and oxygen atoms in total. The molecular formula is C14H18NO. The summed E-state index contributed by atoms with van der Waals surface area (Å²) in [5.41, 5.74) is 6.52. The van der Waals surface area contributed by atoms with Crippen LogP contribution < -0.4 is 5.73 Å². The lowest BCUT2D eigenvalue weighted by molar-refractivity contribution is -0.119. The Labute approximate surface area is 96.8 Å². The number of hydrogen-bond donors (Lipinski definition) is 1. The molecule has 0 bridgehead atoms. The molecule has 1 aromatic carbocycles. The van der Waals surface area contributed by atoms with Crippen molar-refractivity contribution in [3.63, 3.8) is 0 Å². The minimum atomic E-state index is -0.195. The molecule has 16 heavy (non-hydrogen) atoms. The number of benzene rings is 1. The second-order valence-electron chi connectivity index (χ2n) is 4.76. The molecule has 0 atom stereocenters. The Morgan fingerprint density at radius 3 is 2.62 bits per heavy atom. The number of hydrogen-bond acceptors (Lipinski definition) is 1. The molecule has 1 saturated carbocycles. The van der Waals surface area contributed by atoms with Crippen molar-refractivity contribution in [2.24, 2.45) is 5.73 Å². The monoisotopic (exact) mass is 216 g/mol. The lowest BCUT2D eigenvalue weighted by Crippen LogP contribution is -2.34. The van der Waals surface area contributed by atoms with Gasteiger partial charge in [0.05, 0.1) is 0 Å². The highest BCUT2D eigenvalue weighted by molar-refractivity contribution is 5.75. The first-order valence-corrected chi connectivity index (χ1v) is 5.98. The zero-order valence-corrected chi connectivity index (χ0v) is 9.54. The third-order valence-corrected chi connectivity index (χ3v) is 3.60. The van der Waals surface area contributed by atoms with Crippen LogP contribution in [0, 0.1) is 6.07 Å². The third-order valence-electron chi connectivity index (χ3n) is 3.60. The number of nitrogens with two attached hydrogens (primary N) is 1. The van der Waals surface area contributed by atoms with E-state index in [1.165, 1.54) is 19.3 Å². The van der Waals surface area contributed by atoms with Gasteiger partial charge >= 0.3 is 0 Å². The van der Waals surface area contributed by atoms with Crippen molar-refractivity contribution >= 4 is 5.91 Å². The van der Waals surface area contributed by atoms with Crippen molar-refractivity contribution in [2.75, 3.05) is 0 Å². The van der Waals surface area contributed by atoms with E-state index in [2.05, 4.69) is 12.1 Å². The molecule has 1 aliphatic rings. The predicted octanol–water partition coefficient (Wildman–Crippen LogP) is 2.56. The Balaban J connectivity index is 2.29. The Kier molecular flexibility index (Phi) is 3.28. The lowest BCUT2D eigenvalue weighted by atomic mass is 9.67. The number of amides is 1. The smallest absolute Gasteiger partial charge is 0.218 e. The molecule has 0 heterocycles. The Bertz CT molecular complexity index is 352. The van der Waals surface area contributed by atoms with E-state index in [4.69, 9.17) is 5.73 Å². The molecule has 2 heteroatoms. The lowest BCUT2D eigenvalue weighted by Gasteiger charge is -2.36. The third kappa shape index (κ3) is 2.26. The Morgan fingerprint density at radius 1 is 1.31 bits per heavy atom. The summed E-state index contributed by atoms with van der Waals surface area (Å²) in [6.45, 7) is 0. The van der Waals surface area contributed by atoms with Gasteiger partial charge in [0.1, 0.15) is 0 Å². The first-order valence-electron chi connectivity index (χ1n) is 5.98. The van der Waals surface area contributed by atoms with E-state index in [-0.39, 0.29) is 11.3 Å². The maximum Gasteiger partial charge on any atom is 0.218 e. The van der Waals surface area contributed by atoms with Crippen LogP contribution in [-0.2, 0) is 10.2 Å². The highest BCUT2D eigenvalue weighted by Gasteiger charge is 2.35. The summed E-state index contributed by atoms with van der Waals surface area (Å²) in [5, 5.41) is 0. The summed E-state index contributed by atoms with van der Waals surface area (Å²) >= 11 is 0. The molecule has 0 aromatic heterocycles. The quantitative estimate of drug-likeness (QED) is 0.829.